The molecule has 0 atom stereocenters. The molecule has 0 fully saturated rings. The molecule has 0 unspecified atom stereocenters. The molecule has 1 nitrogen and oxygen atoms in total. The van der Waals surface area contributed by atoms with Crippen molar-refractivity contribution in [3.05, 3.63) is 36.5 Å². The molecular weight excluding hydrogens is 271 g/mol. The first-order chi connectivity index (χ1) is 9.83. The highest BCUT2D eigenvalue weighted by molar-refractivity contribution is 6.82. The van der Waals surface area contributed by atoms with Gasteiger partial charge < -0.3 is 4.74 Å². The molecule has 0 bridgehead atoms. The van der Waals surface area contributed by atoms with Crippen LogP contribution in [0.3, 0.4) is 0 Å². The Labute approximate surface area is 135 Å². The molecule has 0 radical (unpaired) electrons. The second-order valence-electron chi connectivity index (χ2n) is 4.36. The van der Waals surface area contributed by atoms with E-state index in [9.17, 15) is 0 Å². The van der Waals surface area contributed by atoms with Crippen LogP contribution >= 0.6 is 0 Å². The highest BCUT2D eigenvalue weighted by atomic mass is 27.2. The van der Waals surface area contributed by atoms with Crippen LogP contribution in [0.5, 0.6) is 0 Å². The lowest BCUT2D eigenvalue weighted by molar-refractivity contribution is 0.162. The van der Waals surface area contributed by atoms with Crippen LogP contribution in [0.25, 0.3) is 0 Å². The number of allylic oxidation sites excluding steroid dienone is 3. The fourth-order valence-electron chi connectivity index (χ4n) is 0.898. The van der Waals surface area contributed by atoms with E-state index in [-0.39, 0.29) is 0 Å². The monoisotopic (exact) mass is 296 g/mol. The molecule has 0 aromatic heterocycles. The van der Waals surface area contributed by atoms with Crippen LogP contribution in [0, 0.1) is 32.1 Å². The van der Waals surface area contributed by atoms with Crippen molar-refractivity contribution in [2.24, 2.45) is 0 Å². The van der Waals surface area contributed by atoms with Crippen LogP contribution < -0.4 is 0 Å². The predicted octanol–water partition coefficient (Wildman–Crippen LogP) is 3.88. The first kappa shape index (κ1) is 21.7. The summed E-state index contributed by atoms with van der Waals surface area (Å²) < 4.78 is 4.83. The molecule has 0 heterocycles. The maximum atomic E-state index is 4.83. The van der Waals surface area contributed by atoms with Gasteiger partial charge in [-0.25, -0.2) is 0 Å². The van der Waals surface area contributed by atoms with Gasteiger partial charge in [-0.15, -0.1) is 0 Å². The van der Waals surface area contributed by atoms with Gasteiger partial charge in [0.05, 0.1) is 0 Å². The van der Waals surface area contributed by atoms with Gasteiger partial charge in [-0.3, -0.25) is 0 Å². The number of hydrogen-bond donors (Lipinski definition) is 0. The minimum absolute atomic E-state index is 0.840. The molecule has 0 aliphatic rings. The average molecular weight is 296 g/mol. The lowest BCUT2D eigenvalue weighted by Gasteiger charge is -1.86. The number of rotatable bonds is 2. The van der Waals surface area contributed by atoms with Gasteiger partial charge in [0.15, 0.2) is 0 Å². The van der Waals surface area contributed by atoms with E-state index in [2.05, 4.69) is 51.8 Å². The summed E-state index contributed by atoms with van der Waals surface area (Å²) in [5.74, 6) is 8.84. The Morgan fingerprint density at radius 1 is 0.762 bits per heavy atom. The Kier molecular flexibility index (Phi) is 15.3. The first-order valence-electron chi connectivity index (χ1n) is 6.92. The molecule has 0 aromatic rings. The first-order valence-corrected chi connectivity index (χ1v) is 8.65. The molecule has 0 amide bonds. The van der Waals surface area contributed by atoms with Crippen molar-refractivity contribution in [1.82, 2.24) is 0 Å². The molecule has 0 spiro atoms. The van der Waals surface area contributed by atoms with E-state index in [4.69, 9.17) is 4.74 Å². The summed E-state index contributed by atoms with van der Waals surface area (Å²) in [6.45, 7) is 22.5. The lowest BCUT2D eigenvalue weighted by atomic mass is 10.4. The molecule has 0 aromatic carbocycles. The lowest BCUT2D eigenvalue weighted by Crippen LogP contribution is -2.04. The summed E-state index contributed by atoms with van der Waals surface area (Å²) in [6, 6.07) is 0. The van der Waals surface area contributed by atoms with E-state index in [0.29, 0.717) is 0 Å². The van der Waals surface area contributed by atoms with E-state index in [1.54, 1.807) is 0 Å². The summed E-state index contributed by atoms with van der Waals surface area (Å²) in [4.78, 5) is 9.27. The van der Waals surface area contributed by atoms with Crippen LogP contribution in [0.15, 0.2) is 36.5 Å². The van der Waals surface area contributed by atoms with E-state index >= 15 is 0 Å². The standard InChI is InChI=1S/3C5H5.C4H10O.Al/c3*1-4-5(2)3;1-3-5-4-2;/h3*2H2,3H3;3-4H2,1-2H3;. The second kappa shape index (κ2) is 14.8. The van der Waals surface area contributed by atoms with Gasteiger partial charge >= 0.3 is 14.1 Å². The molecule has 0 saturated heterocycles. The third kappa shape index (κ3) is 20.9. The summed E-state index contributed by atoms with van der Waals surface area (Å²) in [5.41, 5.74) is 2.52. The van der Waals surface area contributed by atoms with Gasteiger partial charge in [-0.1, -0.05) is 37.5 Å². The summed E-state index contributed by atoms with van der Waals surface area (Å²) in [6.07, 6.45) is 0. The van der Waals surface area contributed by atoms with Gasteiger partial charge in [0, 0.05) is 13.2 Å². The average Bonchev–Trinajstić information content (AvgIpc) is 2.38. The number of hydrogen-bond acceptors (Lipinski definition) is 1. The van der Waals surface area contributed by atoms with Crippen molar-refractivity contribution in [3.63, 3.8) is 0 Å². The highest BCUT2D eigenvalue weighted by Gasteiger charge is 2.08. The largest absolute Gasteiger partial charge is 0.575 e. The third-order valence-corrected chi connectivity index (χ3v) is 3.00. The van der Waals surface area contributed by atoms with Crippen molar-refractivity contribution in [1.29, 1.82) is 0 Å². The Bertz CT molecular complexity index is 457. The fourth-order valence-corrected chi connectivity index (χ4v) is 2.29. The Morgan fingerprint density at radius 3 is 1.19 bits per heavy atom. The molecule has 21 heavy (non-hydrogen) atoms. The van der Waals surface area contributed by atoms with Gasteiger partial charge in [0.2, 0.25) is 0 Å². The zero-order valence-corrected chi connectivity index (χ0v) is 15.2. The SMILES string of the molecule is C=C(C)C#[C][Al]([C]#CC(=C)C)[C]#CC(=C)C.CCOCC. The quantitative estimate of drug-likeness (QED) is 0.555. The van der Waals surface area contributed by atoms with E-state index in [1.165, 1.54) is 0 Å². The molecule has 2 heteroatoms. The Morgan fingerprint density at radius 2 is 1.05 bits per heavy atom. The third-order valence-electron chi connectivity index (χ3n) is 1.70. The van der Waals surface area contributed by atoms with E-state index in [1.807, 2.05) is 34.6 Å². The van der Waals surface area contributed by atoms with Crippen molar-refractivity contribution >= 4 is 14.1 Å². The topological polar surface area (TPSA) is 9.23 Å². The van der Waals surface area contributed by atoms with Crippen molar-refractivity contribution < 1.29 is 4.74 Å². The van der Waals surface area contributed by atoms with Crippen molar-refractivity contribution in [2.75, 3.05) is 13.2 Å². The minimum atomic E-state index is -1.67. The molecule has 0 rings (SSSR count). The molecular formula is C19H25AlO. The van der Waals surface area contributed by atoms with Crippen LogP contribution in [0.2, 0.25) is 0 Å². The van der Waals surface area contributed by atoms with Gasteiger partial charge in [-0.05, 0) is 51.3 Å². The normalized spacial score (nSPS) is 7.29. The zero-order valence-electron chi connectivity index (χ0n) is 14.0. The van der Waals surface area contributed by atoms with Gasteiger partial charge in [0.1, 0.15) is 0 Å². The van der Waals surface area contributed by atoms with Gasteiger partial charge in [0.25, 0.3) is 0 Å². The van der Waals surface area contributed by atoms with Crippen molar-refractivity contribution in [3.8, 4) is 32.1 Å². The Hall–Kier alpha value is -1.61. The predicted molar refractivity (Wildman–Crippen MR) is 95.7 cm³/mol. The molecule has 110 valence electrons. The van der Waals surface area contributed by atoms with Crippen LogP contribution in [0.4, 0.5) is 0 Å². The Balaban J connectivity index is 0. The maximum Gasteiger partial charge on any atom is 0.575 e. The summed E-state index contributed by atoms with van der Waals surface area (Å²) in [5, 5.41) is 0. The van der Waals surface area contributed by atoms with Crippen LogP contribution in [-0.4, -0.2) is 27.4 Å². The van der Waals surface area contributed by atoms with Crippen molar-refractivity contribution in [2.45, 2.75) is 34.6 Å². The molecule has 0 aliphatic heterocycles. The fraction of sp³-hybridized carbons (Fsp3) is 0.368. The number of ether oxygens (including phenoxy) is 1. The second-order valence-corrected chi connectivity index (χ2v) is 6.10. The van der Waals surface area contributed by atoms with Crippen LogP contribution in [-0.2, 0) is 4.74 Å². The molecule has 0 saturated carbocycles. The zero-order chi connectivity index (χ0) is 16.7. The van der Waals surface area contributed by atoms with Crippen LogP contribution in [0.1, 0.15) is 34.6 Å². The highest BCUT2D eigenvalue weighted by Crippen LogP contribution is 1.87. The maximum absolute atomic E-state index is 4.83. The molecule has 0 N–H and O–H groups in total. The van der Waals surface area contributed by atoms with E-state index < -0.39 is 14.1 Å². The van der Waals surface area contributed by atoms with E-state index in [0.717, 1.165) is 29.9 Å². The molecule has 0 aliphatic carbocycles. The van der Waals surface area contributed by atoms with Gasteiger partial charge in [-0.2, -0.15) is 14.3 Å². The summed E-state index contributed by atoms with van der Waals surface area (Å²) in [7, 11) is 0. The summed E-state index contributed by atoms with van der Waals surface area (Å²) >= 11 is -1.67. The smallest absolute Gasteiger partial charge is 0.382 e. The minimum Gasteiger partial charge on any atom is -0.382 e.